The van der Waals surface area contributed by atoms with Gasteiger partial charge in [-0.3, -0.25) is 0 Å². The Balaban J connectivity index is 2.15. The van der Waals surface area contributed by atoms with E-state index in [0.29, 0.717) is 5.56 Å². The summed E-state index contributed by atoms with van der Waals surface area (Å²) < 4.78 is 32.3. The minimum absolute atomic E-state index is 0.0901. The third-order valence-corrected chi connectivity index (χ3v) is 2.52. The van der Waals surface area contributed by atoms with E-state index in [1.54, 1.807) is 0 Å². The number of hydrogen-bond donors (Lipinski definition) is 1. The molecule has 0 saturated carbocycles. The van der Waals surface area contributed by atoms with E-state index in [0.717, 1.165) is 5.56 Å². The molecule has 2 aromatic rings. The fraction of sp³-hybridized carbons (Fsp3) is 0.143. The van der Waals surface area contributed by atoms with E-state index in [1.807, 2.05) is 30.3 Å². The maximum atomic E-state index is 13.6. The Bertz CT molecular complexity index is 506. The maximum absolute atomic E-state index is 13.6. The Labute approximate surface area is 104 Å². The lowest BCUT2D eigenvalue weighted by Crippen LogP contribution is -2.03. The molecule has 0 fully saturated rings. The van der Waals surface area contributed by atoms with Crippen LogP contribution in [0.1, 0.15) is 11.1 Å². The highest BCUT2D eigenvalue weighted by molar-refractivity contribution is 5.31. The van der Waals surface area contributed by atoms with E-state index >= 15 is 0 Å². The van der Waals surface area contributed by atoms with Gasteiger partial charge in [-0.2, -0.15) is 0 Å². The zero-order valence-electron chi connectivity index (χ0n) is 9.70. The van der Waals surface area contributed by atoms with Crippen molar-refractivity contribution in [2.24, 2.45) is 5.73 Å². The lowest BCUT2D eigenvalue weighted by Gasteiger charge is -2.09. The van der Waals surface area contributed by atoms with Gasteiger partial charge >= 0.3 is 0 Å². The van der Waals surface area contributed by atoms with Gasteiger partial charge in [0.15, 0.2) is 17.4 Å². The van der Waals surface area contributed by atoms with E-state index in [4.69, 9.17) is 10.5 Å². The molecule has 0 spiro atoms. The average molecular weight is 249 g/mol. The SMILES string of the molecule is NCc1cc(F)c(OCc2ccccc2)c(F)c1. The molecule has 0 bridgehead atoms. The summed E-state index contributed by atoms with van der Waals surface area (Å²) in [5.41, 5.74) is 6.58. The standard InChI is InChI=1S/C14H13F2NO/c15-12-6-11(8-17)7-13(16)14(12)18-9-10-4-2-1-3-5-10/h1-7H,8-9,17H2. The normalized spacial score (nSPS) is 10.4. The first-order valence-electron chi connectivity index (χ1n) is 5.55. The summed E-state index contributed by atoms with van der Waals surface area (Å²) in [6.45, 7) is 0.212. The van der Waals surface area contributed by atoms with Crippen molar-refractivity contribution < 1.29 is 13.5 Å². The van der Waals surface area contributed by atoms with Crippen LogP contribution in [0.15, 0.2) is 42.5 Å². The number of hydrogen-bond acceptors (Lipinski definition) is 2. The van der Waals surface area contributed by atoms with Crippen LogP contribution in [-0.4, -0.2) is 0 Å². The van der Waals surface area contributed by atoms with Gasteiger partial charge in [0.2, 0.25) is 0 Å². The van der Waals surface area contributed by atoms with Crippen LogP contribution in [-0.2, 0) is 13.2 Å². The van der Waals surface area contributed by atoms with Crippen molar-refractivity contribution in [3.8, 4) is 5.75 Å². The van der Waals surface area contributed by atoms with E-state index in [-0.39, 0.29) is 18.9 Å². The first-order chi connectivity index (χ1) is 8.70. The topological polar surface area (TPSA) is 35.2 Å². The third kappa shape index (κ3) is 2.84. The van der Waals surface area contributed by atoms with Crippen LogP contribution >= 0.6 is 0 Å². The summed E-state index contributed by atoms with van der Waals surface area (Å²) in [5, 5.41) is 0. The molecule has 2 rings (SSSR count). The highest BCUT2D eigenvalue weighted by Gasteiger charge is 2.12. The van der Waals surface area contributed by atoms with E-state index in [1.165, 1.54) is 12.1 Å². The van der Waals surface area contributed by atoms with Crippen LogP contribution in [0.4, 0.5) is 8.78 Å². The van der Waals surface area contributed by atoms with Crippen molar-refractivity contribution >= 4 is 0 Å². The van der Waals surface area contributed by atoms with E-state index in [2.05, 4.69) is 0 Å². The predicted molar refractivity (Wildman–Crippen MR) is 65.0 cm³/mol. The molecule has 0 aliphatic carbocycles. The van der Waals surface area contributed by atoms with Gasteiger partial charge in [-0.05, 0) is 23.3 Å². The molecule has 0 atom stereocenters. The van der Waals surface area contributed by atoms with Crippen LogP contribution in [0.25, 0.3) is 0 Å². The van der Waals surface area contributed by atoms with Crippen molar-refractivity contribution in [2.45, 2.75) is 13.2 Å². The first kappa shape index (κ1) is 12.5. The Morgan fingerprint density at radius 3 is 2.11 bits per heavy atom. The first-order valence-corrected chi connectivity index (χ1v) is 5.55. The second-order valence-corrected chi connectivity index (χ2v) is 3.87. The molecule has 0 heterocycles. The Hall–Kier alpha value is -1.94. The van der Waals surface area contributed by atoms with Crippen molar-refractivity contribution in [3.63, 3.8) is 0 Å². The van der Waals surface area contributed by atoms with Crippen LogP contribution in [0.3, 0.4) is 0 Å². The van der Waals surface area contributed by atoms with Gasteiger partial charge in [0, 0.05) is 6.54 Å². The minimum Gasteiger partial charge on any atom is -0.483 e. The van der Waals surface area contributed by atoms with Crippen LogP contribution in [0, 0.1) is 11.6 Å². The Morgan fingerprint density at radius 2 is 1.56 bits per heavy atom. The summed E-state index contributed by atoms with van der Waals surface area (Å²) in [4.78, 5) is 0. The fourth-order valence-electron chi connectivity index (χ4n) is 1.60. The van der Waals surface area contributed by atoms with E-state index in [9.17, 15) is 8.78 Å². The zero-order valence-corrected chi connectivity index (χ0v) is 9.70. The zero-order chi connectivity index (χ0) is 13.0. The van der Waals surface area contributed by atoms with Crippen molar-refractivity contribution in [2.75, 3.05) is 0 Å². The molecule has 94 valence electrons. The smallest absolute Gasteiger partial charge is 0.191 e. The minimum atomic E-state index is -0.730. The van der Waals surface area contributed by atoms with Crippen molar-refractivity contribution in [1.82, 2.24) is 0 Å². The maximum Gasteiger partial charge on any atom is 0.191 e. The van der Waals surface area contributed by atoms with Crippen molar-refractivity contribution in [3.05, 3.63) is 65.2 Å². The molecule has 0 unspecified atom stereocenters. The Kier molecular flexibility index (Phi) is 3.89. The van der Waals surface area contributed by atoms with Gasteiger partial charge in [0.1, 0.15) is 6.61 Å². The molecule has 4 heteroatoms. The molecule has 0 aliphatic heterocycles. The summed E-state index contributed by atoms with van der Waals surface area (Å²) >= 11 is 0. The lowest BCUT2D eigenvalue weighted by molar-refractivity contribution is 0.274. The molecule has 0 radical (unpaired) electrons. The predicted octanol–water partition coefficient (Wildman–Crippen LogP) is 3.00. The molecule has 0 aliphatic rings. The molecule has 18 heavy (non-hydrogen) atoms. The van der Waals surface area contributed by atoms with Gasteiger partial charge < -0.3 is 10.5 Å². The summed E-state index contributed by atoms with van der Waals surface area (Å²) in [6.07, 6.45) is 0. The number of ether oxygens (including phenoxy) is 1. The van der Waals surface area contributed by atoms with Gasteiger partial charge in [0.25, 0.3) is 0 Å². The molecule has 2 aromatic carbocycles. The van der Waals surface area contributed by atoms with Gasteiger partial charge in [-0.1, -0.05) is 30.3 Å². The summed E-state index contributed by atoms with van der Waals surface area (Å²) in [5.74, 6) is -1.83. The fourth-order valence-corrected chi connectivity index (χ4v) is 1.60. The van der Waals surface area contributed by atoms with Gasteiger partial charge in [-0.25, -0.2) is 8.78 Å². The molecule has 2 N–H and O–H groups in total. The average Bonchev–Trinajstić information content (AvgIpc) is 2.38. The number of benzene rings is 2. The molecule has 0 saturated heterocycles. The summed E-state index contributed by atoms with van der Waals surface area (Å²) in [7, 11) is 0. The highest BCUT2D eigenvalue weighted by atomic mass is 19.1. The monoisotopic (exact) mass is 249 g/mol. The largest absolute Gasteiger partial charge is 0.483 e. The number of halogens is 2. The van der Waals surface area contributed by atoms with Crippen LogP contribution in [0.5, 0.6) is 5.75 Å². The van der Waals surface area contributed by atoms with E-state index < -0.39 is 11.6 Å². The molecule has 0 amide bonds. The lowest BCUT2D eigenvalue weighted by atomic mass is 10.2. The van der Waals surface area contributed by atoms with Crippen LogP contribution in [0.2, 0.25) is 0 Å². The summed E-state index contributed by atoms with van der Waals surface area (Å²) in [6, 6.07) is 11.5. The van der Waals surface area contributed by atoms with Gasteiger partial charge in [-0.15, -0.1) is 0 Å². The van der Waals surface area contributed by atoms with Crippen molar-refractivity contribution in [1.29, 1.82) is 0 Å². The molecule has 0 aromatic heterocycles. The second kappa shape index (κ2) is 5.60. The van der Waals surface area contributed by atoms with Gasteiger partial charge in [0.05, 0.1) is 0 Å². The second-order valence-electron chi connectivity index (χ2n) is 3.87. The quantitative estimate of drug-likeness (QED) is 0.904. The number of rotatable bonds is 4. The Morgan fingerprint density at radius 1 is 0.944 bits per heavy atom. The molecular weight excluding hydrogens is 236 g/mol. The number of nitrogens with two attached hydrogens (primary N) is 1. The van der Waals surface area contributed by atoms with Crippen LogP contribution < -0.4 is 10.5 Å². The highest BCUT2D eigenvalue weighted by Crippen LogP contribution is 2.24. The molecule has 2 nitrogen and oxygen atoms in total. The third-order valence-electron chi connectivity index (χ3n) is 2.52. The molecular formula is C14H13F2NO.